The number of hydrogen-bond donors (Lipinski definition) is 5. The summed E-state index contributed by atoms with van der Waals surface area (Å²) in [6.07, 6.45) is -1.60. The van der Waals surface area contributed by atoms with Crippen LogP contribution in [0.5, 0.6) is 0 Å². The van der Waals surface area contributed by atoms with Gasteiger partial charge < -0.3 is 26.2 Å². The zero-order valence-corrected chi connectivity index (χ0v) is 6.72. The Hall–Kier alpha value is -0.200. The normalized spacial score (nSPS) is 49.2. The smallest absolute Gasteiger partial charge is 0.147 e. The summed E-state index contributed by atoms with van der Waals surface area (Å²) in [7, 11) is 0. The van der Waals surface area contributed by atoms with E-state index >= 15 is 0 Å². The predicted octanol–water partition coefficient (Wildman–Crippen LogP) is -2.24. The van der Waals surface area contributed by atoms with Crippen molar-refractivity contribution in [1.29, 1.82) is 0 Å². The number of nitrogens with two attached hydrogens (primary N) is 1. The van der Waals surface area contributed by atoms with E-state index < -0.39 is 23.9 Å². The fourth-order valence-electron chi connectivity index (χ4n) is 1.55. The standard InChI is InChI=1S/C7H15NO4/c8-7(12)4(3-9)1-2-5(10)6(7)11/h4-6,9-12H,1-3,8H2. The van der Waals surface area contributed by atoms with Crippen LogP contribution in [0.2, 0.25) is 0 Å². The highest BCUT2D eigenvalue weighted by Gasteiger charge is 2.46. The molecule has 5 heteroatoms. The zero-order valence-electron chi connectivity index (χ0n) is 6.72. The van der Waals surface area contributed by atoms with Crippen molar-refractivity contribution >= 4 is 0 Å². The summed E-state index contributed by atoms with van der Waals surface area (Å²) in [4.78, 5) is 0. The van der Waals surface area contributed by atoms with Gasteiger partial charge in [0.15, 0.2) is 0 Å². The number of aliphatic hydroxyl groups excluding tert-OH is 3. The first kappa shape index (κ1) is 9.88. The molecule has 4 atom stereocenters. The van der Waals surface area contributed by atoms with Crippen LogP contribution in [0.25, 0.3) is 0 Å². The first-order valence-electron chi connectivity index (χ1n) is 3.98. The highest BCUT2D eigenvalue weighted by atomic mass is 16.4. The summed E-state index contributed by atoms with van der Waals surface area (Å²) in [5.41, 5.74) is 3.48. The Morgan fingerprint density at radius 1 is 1.33 bits per heavy atom. The lowest BCUT2D eigenvalue weighted by atomic mass is 9.78. The van der Waals surface area contributed by atoms with Crippen molar-refractivity contribution in [2.24, 2.45) is 11.7 Å². The van der Waals surface area contributed by atoms with Crippen LogP contribution in [-0.2, 0) is 0 Å². The third-order valence-corrected chi connectivity index (χ3v) is 2.52. The minimum absolute atomic E-state index is 0.281. The summed E-state index contributed by atoms with van der Waals surface area (Å²) in [5.74, 6) is -0.559. The zero-order chi connectivity index (χ0) is 9.35. The quantitative estimate of drug-likeness (QED) is 0.291. The Morgan fingerprint density at radius 3 is 2.42 bits per heavy atom. The molecule has 0 aromatic heterocycles. The lowest BCUT2D eigenvalue weighted by molar-refractivity contribution is -0.183. The van der Waals surface area contributed by atoms with Crippen molar-refractivity contribution in [3.63, 3.8) is 0 Å². The Balaban J connectivity index is 2.73. The topological polar surface area (TPSA) is 107 Å². The van der Waals surface area contributed by atoms with Crippen molar-refractivity contribution in [2.75, 3.05) is 6.61 Å². The van der Waals surface area contributed by atoms with Crippen LogP contribution in [0.15, 0.2) is 0 Å². The molecule has 1 saturated carbocycles. The van der Waals surface area contributed by atoms with Gasteiger partial charge in [-0.2, -0.15) is 0 Å². The van der Waals surface area contributed by atoms with E-state index in [1.54, 1.807) is 0 Å². The molecular formula is C7H15NO4. The molecule has 72 valence electrons. The summed E-state index contributed by atoms with van der Waals surface area (Å²) >= 11 is 0. The van der Waals surface area contributed by atoms with E-state index in [4.69, 9.17) is 15.9 Å². The van der Waals surface area contributed by atoms with E-state index in [-0.39, 0.29) is 6.61 Å². The van der Waals surface area contributed by atoms with Crippen LogP contribution in [0.3, 0.4) is 0 Å². The van der Waals surface area contributed by atoms with Gasteiger partial charge in [0.1, 0.15) is 11.8 Å². The van der Waals surface area contributed by atoms with Crippen molar-refractivity contribution in [2.45, 2.75) is 30.8 Å². The highest BCUT2D eigenvalue weighted by molar-refractivity contribution is 4.95. The Kier molecular flexibility index (Phi) is 2.70. The molecule has 1 aliphatic rings. The molecule has 0 saturated heterocycles. The fourth-order valence-corrected chi connectivity index (χ4v) is 1.55. The molecule has 6 N–H and O–H groups in total. The molecule has 0 aliphatic heterocycles. The first-order chi connectivity index (χ1) is 5.50. The molecule has 0 amide bonds. The molecular weight excluding hydrogens is 162 g/mol. The largest absolute Gasteiger partial charge is 0.396 e. The SMILES string of the molecule is NC1(O)C(CO)CCC(O)C1O. The van der Waals surface area contributed by atoms with Crippen LogP contribution < -0.4 is 5.73 Å². The van der Waals surface area contributed by atoms with E-state index in [0.717, 1.165) is 0 Å². The highest BCUT2D eigenvalue weighted by Crippen LogP contribution is 2.30. The van der Waals surface area contributed by atoms with Gasteiger partial charge in [-0.15, -0.1) is 0 Å². The summed E-state index contributed by atoms with van der Waals surface area (Å²) < 4.78 is 0. The second-order valence-electron chi connectivity index (χ2n) is 3.36. The van der Waals surface area contributed by atoms with Crippen LogP contribution in [0.4, 0.5) is 0 Å². The molecule has 4 unspecified atom stereocenters. The van der Waals surface area contributed by atoms with Crippen LogP contribution in [0, 0.1) is 5.92 Å². The molecule has 0 aromatic rings. The molecule has 0 heterocycles. The van der Waals surface area contributed by atoms with Crippen molar-refractivity contribution in [1.82, 2.24) is 0 Å². The first-order valence-corrected chi connectivity index (χ1v) is 3.98. The maximum atomic E-state index is 9.48. The van der Waals surface area contributed by atoms with Gasteiger partial charge in [-0.05, 0) is 12.8 Å². The van der Waals surface area contributed by atoms with E-state index in [0.29, 0.717) is 12.8 Å². The van der Waals surface area contributed by atoms with Crippen molar-refractivity contribution in [3.8, 4) is 0 Å². The lowest BCUT2D eigenvalue weighted by Gasteiger charge is -2.42. The van der Waals surface area contributed by atoms with E-state index in [1.807, 2.05) is 0 Å². The number of aliphatic hydroxyl groups is 4. The predicted molar refractivity (Wildman–Crippen MR) is 41.0 cm³/mol. The van der Waals surface area contributed by atoms with Gasteiger partial charge in [0.2, 0.25) is 0 Å². The fraction of sp³-hybridized carbons (Fsp3) is 1.00. The molecule has 1 fully saturated rings. The molecule has 0 aromatic carbocycles. The second kappa shape index (κ2) is 3.27. The summed E-state index contributed by atoms with van der Waals surface area (Å²) in [6.45, 7) is -0.281. The number of rotatable bonds is 1. The molecule has 0 bridgehead atoms. The van der Waals surface area contributed by atoms with Gasteiger partial charge in [0.05, 0.1) is 12.7 Å². The molecule has 1 aliphatic carbocycles. The van der Waals surface area contributed by atoms with Gasteiger partial charge in [-0.1, -0.05) is 0 Å². The maximum Gasteiger partial charge on any atom is 0.147 e. The average Bonchev–Trinajstić information content (AvgIpc) is 2.01. The van der Waals surface area contributed by atoms with Gasteiger partial charge in [0.25, 0.3) is 0 Å². The van der Waals surface area contributed by atoms with Gasteiger partial charge in [0, 0.05) is 5.92 Å². The minimum Gasteiger partial charge on any atom is -0.396 e. The minimum atomic E-state index is -1.87. The Labute approximate surface area is 70.4 Å². The summed E-state index contributed by atoms with van der Waals surface area (Å²) in [6, 6.07) is 0. The van der Waals surface area contributed by atoms with Crippen LogP contribution >= 0.6 is 0 Å². The molecule has 0 radical (unpaired) electrons. The molecule has 1 rings (SSSR count). The van der Waals surface area contributed by atoms with Gasteiger partial charge in [-0.25, -0.2) is 0 Å². The third kappa shape index (κ3) is 1.46. The van der Waals surface area contributed by atoms with Crippen LogP contribution in [-0.4, -0.2) is 45.0 Å². The van der Waals surface area contributed by atoms with E-state index in [1.165, 1.54) is 0 Å². The molecule has 12 heavy (non-hydrogen) atoms. The average molecular weight is 177 g/mol. The maximum absolute atomic E-state index is 9.48. The van der Waals surface area contributed by atoms with Crippen LogP contribution in [0.1, 0.15) is 12.8 Å². The van der Waals surface area contributed by atoms with E-state index in [2.05, 4.69) is 0 Å². The Bertz CT molecular complexity index is 157. The number of hydrogen-bond acceptors (Lipinski definition) is 5. The van der Waals surface area contributed by atoms with Gasteiger partial charge >= 0.3 is 0 Å². The second-order valence-corrected chi connectivity index (χ2v) is 3.36. The lowest BCUT2D eigenvalue weighted by Crippen LogP contribution is -2.64. The van der Waals surface area contributed by atoms with Gasteiger partial charge in [-0.3, -0.25) is 0 Å². The molecule has 5 nitrogen and oxygen atoms in total. The van der Waals surface area contributed by atoms with E-state index in [9.17, 15) is 10.2 Å². The third-order valence-electron chi connectivity index (χ3n) is 2.52. The monoisotopic (exact) mass is 177 g/mol. The van der Waals surface area contributed by atoms with Crippen molar-refractivity contribution in [3.05, 3.63) is 0 Å². The van der Waals surface area contributed by atoms with Crippen molar-refractivity contribution < 1.29 is 20.4 Å². The summed E-state index contributed by atoms with van der Waals surface area (Å²) in [5, 5.41) is 36.7. The molecule has 0 spiro atoms. The Morgan fingerprint density at radius 2 is 1.92 bits per heavy atom.